The second-order valence-corrected chi connectivity index (χ2v) is 8.07. The number of nitrogens with one attached hydrogen (secondary N) is 3. The Balaban J connectivity index is 1.50. The topological polar surface area (TPSA) is 88.7 Å². The van der Waals surface area contributed by atoms with E-state index in [2.05, 4.69) is 16.0 Å². The van der Waals surface area contributed by atoms with Crippen LogP contribution in [0.15, 0.2) is 78.9 Å². The molecule has 0 spiro atoms. The fraction of sp³-hybridized carbons (Fsp3) is 0.222. The molecule has 0 aromatic heterocycles. The van der Waals surface area contributed by atoms with Gasteiger partial charge in [0.1, 0.15) is 12.4 Å². The monoisotopic (exact) mass is 491 g/mol. The number of hydrogen-bond donors (Lipinski definition) is 3. The fourth-order valence-corrected chi connectivity index (χ4v) is 3.45. The summed E-state index contributed by atoms with van der Waals surface area (Å²) >= 11 is 5.27. The molecule has 0 saturated carbocycles. The summed E-state index contributed by atoms with van der Waals surface area (Å²) in [5.41, 5.74) is 2.62. The minimum absolute atomic E-state index is 0.113. The molecule has 3 N–H and O–H groups in total. The van der Waals surface area contributed by atoms with E-state index in [0.717, 1.165) is 5.56 Å². The van der Waals surface area contributed by atoms with E-state index in [4.69, 9.17) is 21.7 Å². The molecular formula is C27H29N3O4S. The molecule has 0 bridgehead atoms. The van der Waals surface area contributed by atoms with Crippen LogP contribution in [0.5, 0.6) is 5.75 Å². The second-order valence-electron chi connectivity index (χ2n) is 7.66. The number of carbonyl (C=O) groups is 2. The quantitative estimate of drug-likeness (QED) is 0.281. The van der Waals surface area contributed by atoms with Crippen LogP contribution in [0.25, 0.3) is 0 Å². The number of thiocarbonyl (C=S) groups is 1. The summed E-state index contributed by atoms with van der Waals surface area (Å²) in [7, 11) is 0. The Morgan fingerprint density at radius 2 is 1.63 bits per heavy atom. The summed E-state index contributed by atoms with van der Waals surface area (Å²) in [5, 5.41) is 8.74. The van der Waals surface area contributed by atoms with Gasteiger partial charge in [0.25, 0.3) is 11.8 Å². The number of amides is 2. The van der Waals surface area contributed by atoms with Crippen LogP contribution in [0.3, 0.4) is 0 Å². The lowest BCUT2D eigenvalue weighted by Crippen LogP contribution is -2.34. The van der Waals surface area contributed by atoms with Gasteiger partial charge in [-0.3, -0.25) is 14.9 Å². The van der Waals surface area contributed by atoms with Gasteiger partial charge in [0.05, 0.1) is 12.6 Å². The Kier molecular flexibility index (Phi) is 9.77. The fourth-order valence-electron chi connectivity index (χ4n) is 3.24. The number of rotatable bonds is 10. The van der Waals surface area contributed by atoms with Crippen LogP contribution in [0.1, 0.15) is 46.2 Å². The molecule has 0 heterocycles. The van der Waals surface area contributed by atoms with Crippen molar-refractivity contribution in [3.63, 3.8) is 0 Å². The SMILES string of the molecule is CCOCCOc1cccc(C(=O)NC(=S)Nc2ccc(C(=O)NC(C)c3ccccc3)cc2)c1. The lowest BCUT2D eigenvalue weighted by molar-refractivity contribution is 0.0938. The largest absolute Gasteiger partial charge is 0.491 e. The lowest BCUT2D eigenvalue weighted by atomic mass is 10.1. The van der Waals surface area contributed by atoms with Crippen LogP contribution in [-0.4, -0.2) is 36.7 Å². The van der Waals surface area contributed by atoms with Gasteiger partial charge < -0.3 is 20.1 Å². The van der Waals surface area contributed by atoms with E-state index in [1.165, 1.54) is 0 Å². The van der Waals surface area contributed by atoms with E-state index in [1.807, 2.05) is 44.2 Å². The number of ether oxygens (including phenoxy) is 2. The Morgan fingerprint density at radius 3 is 2.34 bits per heavy atom. The Labute approximate surface area is 210 Å². The Hall–Kier alpha value is -3.75. The van der Waals surface area contributed by atoms with Gasteiger partial charge in [0.15, 0.2) is 5.11 Å². The third-order valence-corrected chi connectivity index (χ3v) is 5.28. The summed E-state index contributed by atoms with van der Waals surface area (Å²) in [4.78, 5) is 25.1. The summed E-state index contributed by atoms with van der Waals surface area (Å²) in [6, 6.07) is 23.3. The molecule has 0 aliphatic carbocycles. The number of benzene rings is 3. The van der Waals surface area contributed by atoms with Gasteiger partial charge in [-0.1, -0.05) is 36.4 Å². The normalized spacial score (nSPS) is 11.3. The van der Waals surface area contributed by atoms with Crippen molar-refractivity contribution in [3.05, 3.63) is 95.6 Å². The maximum absolute atomic E-state index is 12.6. The first-order chi connectivity index (χ1) is 17.0. The van der Waals surface area contributed by atoms with Gasteiger partial charge >= 0.3 is 0 Å². The first kappa shape index (κ1) is 25.9. The van der Waals surface area contributed by atoms with E-state index >= 15 is 0 Å². The molecule has 3 aromatic rings. The molecule has 0 aliphatic heterocycles. The zero-order chi connectivity index (χ0) is 25.0. The summed E-state index contributed by atoms with van der Waals surface area (Å²) < 4.78 is 10.8. The average Bonchev–Trinajstić information content (AvgIpc) is 2.87. The predicted octanol–water partition coefficient (Wildman–Crippen LogP) is 4.72. The highest BCUT2D eigenvalue weighted by Crippen LogP contribution is 2.15. The molecule has 0 aliphatic rings. The maximum atomic E-state index is 12.6. The zero-order valence-electron chi connectivity index (χ0n) is 19.7. The molecule has 0 saturated heterocycles. The summed E-state index contributed by atoms with van der Waals surface area (Å²) in [5.74, 6) is 0.0440. The first-order valence-electron chi connectivity index (χ1n) is 11.3. The molecule has 1 unspecified atom stereocenters. The smallest absolute Gasteiger partial charge is 0.257 e. The molecule has 2 amide bonds. The summed E-state index contributed by atoms with van der Waals surface area (Å²) in [6.07, 6.45) is 0. The number of hydrogen-bond acceptors (Lipinski definition) is 5. The van der Waals surface area contributed by atoms with Gasteiger partial charge in [0.2, 0.25) is 0 Å². The minimum Gasteiger partial charge on any atom is -0.491 e. The van der Waals surface area contributed by atoms with Gasteiger partial charge in [-0.05, 0) is 74.1 Å². The Morgan fingerprint density at radius 1 is 0.886 bits per heavy atom. The van der Waals surface area contributed by atoms with Gasteiger partial charge in [-0.15, -0.1) is 0 Å². The molecule has 1 atom stereocenters. The van der Waals surface area contributed by atoms with Crippen molar-refractivity contribution in [3.8, 4) is 5.75 Å². The zero-order valence-corrected chi connectivity index (χ0v) is 20.6. The van der Waals surface area contributed by atoms with Crippen molar-refractivity contribution in [2.24, 2.45) is 0 Å². The minimum atomic E-state index is -0.358. The lowest BCUT2D eigenvalue weighted by Gasteiger charge is -2.15. The molecule has 35 heavy (non-hydrogen) atoms. The summed E-state index contributed by atoms with van der Waals surface area (Å²) in [6.45, 7) is 5.36. The van der Waals surface area contributed by atoms with Crippen molar-refractivity contribution < 1.29 is 19.1 Å². The molecule has 8 heteroatoms. The van der Waals surface area contributed by atoms with Crippen LogP contribution in [-0.2, 0) is 4.74 Å². The first-order valence-corrected chi connectivity index (χ1v) is 11.8. The Bertz CT molecular complexity index is 1140. The highest BCUT2D eigenvalue weighted by molar-refractivity contribution is 7.80. The molecule has 7 nitrogen and oxygen atoms in total. The van der Waals surface area contributed by atoms with Gasteiger partial charge in [0, 0.05) is 23.4 Å². The van der Waals surface area contributed by atoms with E-state index < -0.39 is 0 Å². The van der Waals surface area contributed by atoms with E-state index in [0.29, 0.717) is 42.4 Å². The molecule has 3 aromatic carbocycles. The van der Waals surface area contributed by atoms with Crippen LogP contribution >= 0.6 is 12.2 Å². The highest BCUT2D eigenvalue weighted by Gasteiger charge is 2.12. The van der Waals surface area contributed by atoms with Gasteiger partial charge in [-0.25, -0.2) is 0 Å². The second kappa shape index (κ2) is 13.2. The number of anilines is 1. The van der Waals surface area contributed by atoms with Gasteiger partial charge in [-0.2, -0.15) is 0 Å². The third kappa shape index (κ3) is 8.20. The van der Waals surface area contributed by atoms with Crippen molar-refractivity contribution in [2.75, 3.05) is 25.1 Å². The molecular weight excluding hydrogens is 462 g/mol. The highest BCUT2D eigenvalue weighted by atomic mass is 32.1. The standard InChI is InChI=1S/C27H29N3O4S/c1-3-33-16-17-34-24-11-7-10-22(18-24)26(32)30-27(35)29-23-14-12-21(13-15-23)25(31)28-19(2)20-8-5-4-6-9-20/h4-15,18-19H,3,16-17H2,1-2H3,(H,28,31)(H2,29,30,32,35). The van der Waals surface area contributed by atoms with Crippen LogP contribution < -0.4 is 20.7 Å². The van der Waals surface area contributed by atoms with E-state index in [1.54, 1.807) is 48.5 Å². The van der Waals surface area contributed by atoms with E-state index in [9.17, 15) is 9.59 Å². The van der Waals surface area contributed by atoms with Crippen LogP contribution in [0.4, 0.5) is 5.69 Å². The molecule has 0 fully saturated rings. The van der Waals surface area contributed by atoms with Crippen LogP contribution in [0, 0.1) is 0 Å². The molecule has 3 rings (SSSR count). The number of carbonyl (C=O) groups excluding carboxylic acids is 2. The van der Waals surface area contributed by atoms with Crippen LogP contribution in [0.2, 0.25) is 0 Å². The average molecular weight is 492 g/mol. The van der Waals surface area contributed by atoms with Crippen molar-refractivity contribution in [1.82, 2.24) is 10.6 Å². The van der Waals surface area contributed by atoms with E-state index in [-0.39, 0.29) is 23.0 Å². The van der Waals surface area contributed by atoms with Crippen molar-refractivity contribution in [2.45, 2.75) is 19.9 Å². The maximum Gasteiger partial charge on any atom is 0.257 e. The third-order valence-electron chi connectivity index (χ3n) is 5.08. The van der Waals surface area contributed by atoms with Crippen molar-refractivity contribution in [1.29, 1.82) is 0 Å². The molecule has 182 valence electrons. The van der Waals surface area contributed by atoms with Crippen molar-refractivity contribution >= 4 is 34.8 Å². The molecule has 0 radical (unpaired) electrons. The predicted molar refractivity (Wildman–Crippen MR) is 141 cm³/mol.